The van der Waals surface area contributed by atoms with E-state index in [1.54, 1.807) is 44.2 Å². The summed E-state index contributed by atoms with van der Waals surface area (Å²) >= 11 is 0. The summed E-state index contributed by atoms with van der Waals surface area (Å²) in [4.78, 5) is 17.8. The van der Waals surface area contributed by atoms with Crippen LogP contribution in [0.2, 0.25) is 0 Å². The fraction of sp³-hybridized carbons (Fsp3) is 0.364. The molecule has 0 spiro atoms. The summed E-state index contributed by atoms with van der Waals surface area (Å²) in [6, 6.07) is 13.9. The lowest BCUT2D eigenvalue weighted by molar-refractivity contribution is 0.0827. The number of nitrogens with one attached hydrogen (secondary N) is 2. The molecule has 0 saturated carbocycles. The number of guanidine groups is 1. The van der Waals surface area contributed by atoms with E-state index in [1.165, 1.54) is 6.07 Å². The highest BCUT2D eigenvalue weighted by atomic mass is 19.1. The third kappa shape index (κ3) is 7.10. The van der Waals surface area contributed by atoms with Gasteiger partial charge in [-0.2, -0.15) is 0 Å². The van der Waals surface area contributed by atoms with Gasteiger partial charge in [-0.3, -0.25) is 9.79 Å². The van der Waals surface area contributed by atoms with Gasteiger partial charge in [-0.15, -0.1) is 0 Å². The smallest absolute Gasteiger partial charge is 0.253 e. The number of nitrogens with zero attached hydrogens (tertiary/aromatic N) is 2. The Bertz CT molecular complexity index is 839. The van der Waals surface area contributed by atoms with Crippen LogP contribution in [0, 0.1) is 5.82 Å². The fourth-order valence-corrected chi connectivity index (χ4v) is 2.70. The molecule has 0 saturated heterocycles. The van der Waals surface area contributed by atoms with Gasteiger partial charge in [0.2, 0.25) is 0 Å². The number of rotatable bonds is 8. The Hall–Kier alpha value is -3.09. The van der Waals surface area contributed by atoms with Crippen molar-refractivity contribution in [2.45, 2.75) is 19.4 Å². The average molecular weight is 400 g/mol. The van der Waals surface area contributed by atoms with E-state index in [4.69, 9.17) is 4.74 Å². The van der Waals surface area contributed by atoms with Crippen LogP contribution in [0.5, 0.6) is 5.75 Å². The molecular formula is C22H29FN4O2. The number of benzene rings is 2. The van der Waals surface area contributed by atoms with Crippen LogP contribution < -0.4 is 15.4 Å². The lowest BCUT2D eigenvalue weighted by Crippen LogP contribution is -2.42. The normalized spacial score (nSPS) is 12.2. The largest absolute Gasteiger partial charge is 0.486 e. The molecule has 0 radical (unpaired) electrons. The van der Waals surface area contributed by atoms with E-state index in [1.807, 2.05) is 31.2 Å². The van der Waals surface area contributed by atoms with Gasteiger partial charge in [0.05, 0.1) is 6.54 Å². The van der Waals surface area contributed by atoms with Gasteiger partial charge >= 0.3 is 0 Å². The molecule has 0 aliphatic rings. The van der Waals surface area contributed by atoms with Gasteiger partial charge in [0.25, 0.3) is 5.91 Å². The Morgan fingerprint density at radius 3 is 2.62 bits per heavy atom. The molecule has 2 aromatic carbocycles. The lowest BCUT2D eigenvalue weighted by Gasteiger charge is -2.18. The monoisotopic (exact) mass is 400 g/mol. The number of hydrogen-bond acceptors (Lipinski definition) is 3. The van der Waals surface area contributed by atoms with E-state index < -0.39 is 0 Å². The third-order valence-corrected chi connectivity index (χ3v) is 4.23. The van der Waals surface area contributed by atoms with Crippen molar-refractivity contribution < 1.29 is 13.9 Å². The van der Waals surface area contributed by atoms with Crippen molar-refractivity contribution in [3.8, 4) is 5.75 Å². The number of aliphatic imine (C=N–C) groups is 1. The SMILES string of the molecule is CN=C(NCCc1cccc(C(=O)N(C)C)c1)NCC(C)Oc1ccccc1F. The highest BCUT2D eigenvalue weighted by molar-refractivity contribution is 5.94. The molecule has 0 aliphatic carbocycles. The summed E-state index contributed by atoms with van der Waals surface area (Å²) in [6.07, 6.45) is 0.510. The fourth-order valence-electron chi connectivity index (χ4n) is 2.70. The minimum Gasteiger partial charge on any atom is -0.486 e. The molecule has 6 nitrogen and oxygen atoms in total. The molecule has 156 valence electrons. The summed E-state index contributed by atoms with van der Waals surface area (Å²) < 4.78 is 19.3. The highest BCUT2D eigenvalue weighted by Crippen LogP contribution is 2.16. The number of carbonyl (C=O) groups excluding carboxylic acids is 1. The van der Waals surface area contributed by atoms with Crippen molar-refractivity contribution in [1.29, 1.82) is 0 Å². The summed E-state index contributed by atoms with van der Waals surface area (Å²) in [6.45, 7) is 2.99. The Morgan fingerprint density at radius 1 is 1.17 bits per heavy atom. The molecule has 2 aromatic rings. The molecule has 0 bridgehead atoms. The van der Waals surface area contributed by atoms with Crippen molar-refractivity contribution in [1.82, 2.24) is 15.5 Å². The number of hydrogen-bond donors (Lipinski definition) is 2. The molecule has 1 amide bonds. The second kappa shape index (κ2) is 11.0. The first-order valence-electron chi connectivity index (χ1n) is 9.57. The van der Waals surface area contributed by atoms with Crippen molar-refractivity contribution >= 4 is 11.9 Å². The number of amides is 1. The van der Waals surface area contributed by atoms with E-state index in [0.717, 1.165) is 12.0 Å². The first kappa shape index (κ1) is 22.2. The Morgan fingerprint density at radius 2 is 1.93 bits per heavy atom. The second-order valence-electron chi connectivity index (χ2n) is 6.89. The first-order chi connectivity index (χ1) is 13.9. The van der Waals surface area contributed by atoms with Crippen LogP contribution in [0.4, 0.5) is 4.39 Å². The molecule has 1 unspecified atom stereocenters. The number of ether oxygens (including phenoxy) is 1. The molecule has 0 fully saturated rings. The van der Waals surface area contributed by atoms with Crippen molar-refractivity contribution in [2.75, 3.05) is 34.2 Å². The predicted octanol–water partition coefficient (Wildman–Crippen LogP) is 2.70. The van der Waals surface area contributed by atoms with E-state index in [2.05, 4.69) is 15.6 Å². The van der Waals surface area contributed by atoms with Gasteiger partial charge in [0.15, 0.2) is 17.5 Å². The molecular weight excluding hydrogens is 371 g/mol. The maximum Gasteiger partial charge on any atom is 0.253 e. The van der Waals surface area contributed by atoms with Crippen LogP contribution in [0.25, 0.3) is 0 Å². The van der Waals surface area contributed by atoms with Gasteiger partial charge in [-0.05, 0) is 43.2 Å². The Kier molecular flexibility index (Phi) is 8.45. The van der Waals surface area contributed by atoms with E-state index in [-0.39, 0.29) is 23.6 Å². The van der Waals surface area contributed by atoms with Gasteiger partial charge in [0, 0.05) is 33.3 Å². The van der Waals surface area contributed by atoms with Crippen LogP contribution in [0.15, 0.2) is 53.5 Å². The minimum atomic E-state index is -0.378. The molecule has 2 rings (SSSR count). The summed E-state index contributed by atoms with van der Waals surface area (Å²) in [5, 5.41) is 6.40. The lowest BCUT2D eigenvalue weighted by atomic mass is 10.1. The Labute approximate surface area is 171 Å². The molecule has 29 heavy (non-hydrogen) atoms. The van der Waals surface area contributed by atoms with E-state index >= 15 is 0 Å². The zero-order chi connectivity index (χ0) is 21.2. The van der Waals surface area contributed by atoms with Gasteiger partial charge < -0.3 is 20.3 Å². The van der Waals surface area contributed by atoms with Crippen molar-refractivity contribution in [2.24, 2.45) is 4.99 Å². The van der Waals surface area contributed by atoms with Crippen molar-refractivity contribution in [3.05, 3.63) is 65.5 Å². The first-order valence-corrected chi connectivity index (χ1v) is 9.57. The van der Waals surface area contributed by atoms with Crippen LogP contribution in [-0.2, 0) is 6.42 Å². The third-order valence-electron chi connectivity index (χ3n) is 4.23. The molecule has 0 heterocycles. The number of carbonyl (C=O) groups is 1. The average Bonchev–Trinajstić information content (AvgIpc) is 2.71. The molecule has 0 aliphatic heterocycles. The van der Waals surface area contributed by atoms with Gasteiger partial charge in [0.1, 0.15) is 6.10 Å². The standard InChI is InChI=1S/C22H29FN4O2/c1-16(29-20-11-6-5-10-19(20)23)15-26-22(24-2)25-13-12-17-8-7-9-18(14-17)21(28)27(3)4/h5-11,14,16H,12-13,15H2,1-4H3,(H2,24,25,26). The van der Waals surface area contributed by atoms with Crippen LogP contribution in [-0.4, -0.2) is 57.1 Å². The zero-order valence-corrected chi connectivity index (χ0v) is 17.4. The molecule has 0 aromatic heterocycles. The summed E-state index contributed by atoms with van der Waals surface area (Å²) in [5.74, 6) is 0.476. The summed E-state index contributed by atoms with van der Waals surface area (Å²) in [7, 11) is 5.17. The summed E-state index contributed by atoms with van der Waals surface area (Å²) in [5.41, 5.74) is 1.74. The maximum atomic E-state index is 13.7. The molecule has 2 N–H and O–H groups in total. The van der Waals surface area contributed by atoms with Gasteiger partial charge in [-0.25, -0.2) is 4.39 Å². The zero-order valence-electron chi connectivity index (χ0n) is 17.4. The van der Waals surface area contributed by atoms with Crippen LogP contribution in [0.1, 0.15) is 22.8 Å². The topological polar surface area (TPSA) is 66.0 Å². The second-order valence-corrected chi connectivity index (χ2v) is 6.89. The minimum absolute atomic E-state index is 0.0128. The quantitative estimate of drug-likeness (QED) is 0.528. The highest BCUT2D eigenvalue weighted by Gasteiger charge is 2.10. The van der Waals surface area contributed by atoms with Crippen LogP contribution >= 0.6 is 0 Å². The van der Waals surface area contributed by atoms with E-state index in [9.17, 15) is 9.18 Å². The molecule has 7 heteroatoms. The Balaban J connectivity index is 1.78. The van der Waals surface area contributed by atoms with E-state index in [0.29, 0.717) is 24.6 Å². The van der Waals surface area contributed by atoms with Crippen molar-refractivity contribution in [3.63, 3.8) is 0 Å². The predicted molar refractivity (Wildman–Crippen MR) is 114 cm³/mol. The number of halogens is 1. The molecule has 1 atom stereocenters. The maximum absolute atomic E-state index is 13.7. The number of para-hydroxylation sites is 1. The van der Waals surface area contributed by atoms with Gasteiger partial charge in [-0.1, -0.05) is 24.3 Å². The van der Waals surface area contributed by atoms with Crippen LogP contribution in [0.3, 0.4) is 0 Å².